The van der Waals surface area contributed by atoms with Crippen LogP contribution in [0.1, 0.15) is 39.5 Å². The Labute approximate surface area is 90.1 Å². The molecule has 0 heterocycles. The molecule has 14 heavy (non-hydrogen) atoms. The fourth-order valence-corrected chi connectivity index (χ4v) is 1.72. The first kappa shape index (κ1) is 13.9. The number of unbranched alkanes of at least 4 members (excludes halogenated alkanes) is 1. The molecule has 0 saturated heterocycles. The Kier molecular flexibility index (Phi) is 6.38. The van der Waals surface area contributed by atoms with Crippen LogP contribution in [0.5, 0.6) is 0 Å². The van der Waals surface area contributed by atoms with Gasteiger partial charge in [-0.1, -0.05) is 13.8 Å². The number of nitrogens with two attached hydrogens (primary N) is 1. The maximum atomic E-state index is 6.02. The van der Waals surface area contributed by atoms with Crippen LogP contribution in [-0.2, 0) is 0 Å². The first-order valence-electron chi connectivity index (χ1n) is 5.87. The number of hydrogen-bond donors (Lipinski definition) is 1. The zero-order valence-electron chi connectivity index (χ0n) is 10.7. The minimum absolute atomic E-state index is 0.419. The SMILES string of the molecule is CC(C)CC(N)CCCC[N+](C)(C)C. The highest BCUT2D eigenvalue weighted by molar-refractivity contribution is 4.63. The standard InChI is InChI=1S/C12H29N2/c1-11(2)10-12(13)8-6-7-9-14(3,4)5/h11-12H,6-10,13H2,1-5H3/q+1. The molecular formula is C12H29N2+. The fraction of sp³-hybridized carbons (Fsp3) is 1.00. The fourth-order valence-electron chi connectivity index (χ4n) is 1.72. The van der Waals surface area contributed by atoms with Gasteiger partial charge in [0.1, 0.15) is 0 Å². The Morgan fingerprint density at radius 3 is 2.07 bits per heavy atom. The monoisotopic (exact) mass is 201 g/mol. The Balaban J connectivity index is 3.36. The van der Waals surface area contributed by atoms with Gasteiger partial charge in [-0.15, -0.1) is 0 Å². The summed E-state index contributed by atoms with van der Waals surface area (Å²) in [5, 5.41) is 0. The third-order valence-corrected chi connectivity index (χ3v) is 2.43. The number of quaternary nitrogens is 1. The van der Waals surface area contributed by atoms with Crippen LogP contribution in [0.15, 0.2) is 0 Å². The minimum atomic E-state index is 0.419. The van der Waals surface area contributed by atoms with Gasteiger partial charge in [-0.25, -0.2) is 0 Å². The van der Waals surface area contributed by atoms with E-state index in [-0.39, 0.29) is 0 Å². The van der Waals surface area contributed by atoms with Crippen LogP contribution in [0.3, 0.4) is 0 Å². The molecule has 0 bridgehead atoms. The van der Waals surface area contributed by atoms with Crippen molar-refractivity contribution in [3.05, 3.63) is 0 Å². The maximum absolute atomic E-state index is 6.02. The van der Waals surface area contributed by atoms with Crippen molar-refractivity contribution in [3.63, 3.8) is 0 Å². The second-order valence-corrected chi connectivity index (χ2v) is 5.90. The normalized spacial score (nSPS) is 14.8. The van der Waals surface area contributed by atoms with E-state index in [2.05, 4.69) is 35.0 Å². The van der Waals surface area contributed by atoms with E-state index in [1.165, 1.54) is 32.2 Å². The van der Waals surface area contributed by atoms with Crippen LogP contribution in [0.25, 0.3) is 0 Å². The van der Waals surface area contributed by atoms with Gasteiger partial charge in [0.05, 0.1) is 27.7 Å². The summed E-state index contributed by atoms with van der Waals surface area (Å²) >= 11 is 0. The van der Waals surface area contributed by atoms with Gasteiger partial charge < -0.3 is 10.2 Å². The van der Waals surface area contributed by atoms with Gasteiger partial charge in [-0.2, -0.15) is 0 Å². The number of nitrogens with zero attached hydrogens (tertiary/aromatic N) is 1. The molecule has 0 radical (unpaired) electrons. The topological polar surface area (TPSA) is 26.0 Å². The molecule has 0 aromatic carbocycles. The van der Waals surface area contributed by atoms with E-state index < -0.39 is 0 Å². The van der Waals surface area contributed by atoms with Gasteiger partial charge in [0, 0.05) is 6.04 Å². The minimum Gasteiger partial charge on any atom is -0.331 e. The molecule has 0 aromatic heterocycles. The lowest BCUT2D eigenvalue weighted by Gasteiger charge is -2.24. The van der Waals surface area contributed by atoms with E-state index in [9.17, 15) is 0 Å². The van der Waals surface area contributed by atoms with E-state index in [4.69, 9.17) is 5.73 Å². The smallest absolute Gasteiger partial charge is 0.0780 e. The van der Waals surface area contributed by atoms with Crippen molar-refractivity contribution >= 4 is 0 Å². The molecule has 2 nitrogen and oxygen atoms in total. The lowest BCUT2D eigenvalue weighted by molar-refractivity contribution is -0.870. The summed E-state index contributed by atoms with van der Waals surface area (Å²) in [5.41, 5.74) is 6.02. The van der Waals surface area contributed by atoms with Gasteiger partial charge >= 0.3 is 0 Å². The highest BCUT2D eigenvalue weighted by Crippen LogP contribution is 2.09. The van der Waals surface area contributed by atoms with Crippen molar-refractivity contribution in [1.29, 1.82) is 0 Å². The van der Waals surface area contributed by atoms with Crippen LogP contribution in [0, 0.1) is 5.92 Å². The Hall–Kier alpha value is -0.0800. The van der Waals surface area contributed by atoms with Crippen molar-refractivity contribution in [2.45, 2.75) is 45.6 Å². The molecule has 0 amide bonds. The van der Waals surface area contributed by atoms with Gasteiger partial charge in [-0.05, 0) is 31.6 Å². The van der Waals surface area contributed by atoms with E-state index in [1.54, 1.807) is 0 Å². The van der Waals surface area contributed by atoms with Crippen molar-refractivity contribution in [2.24, 2.45) is 11.7 Å². The summed E-state index contributed by atoms with van der Waals surface area (Å²) in [4.78, 5) is 0. The molecule has 0 aliphatic carbocycles. The van der Waals surface area contributed by atoms with Crippen molar-refractivity contribution in [1.82, 2.24) is 0 Å². The summed E-state index contributed by atoms with van der Waals surface area (Å²) in [6.45, 7) is 5.74. The quantitative estimate of drug-likeness (QED) is 0.496. The van der Waals surface area contributed by atoms with Gasteiger partial charge in [0.25, 0.3) is 0 Å². The van der Waals surface area contributed by atoms with Crippen LogP contribution in [0.2, 0.25) is 0 Å². The molecule has 0 saturated carbocycles. The van der Waals surface area contributed by atoms with Crippen molar-refractivity contribution in [2.75, 3.05) is 27.7 Å². The molecule has 0 fully saturated rings. The third kappa shape index (κ3) is 10.0. The van der Waals surface area contributed by atoms with Gasteiger partial charge in [-0.3, -0.25) is 0 Å². The molecular weight excluding hydrogens is 172 g/mol. The molecule has 86 valence electrons. The number of hydrogen-bond acceptors (Lipinski definition) is 1. The zero-order chi connectivity index (χ0) is 11.2. The second-order valence-electron chi connectivity index (χ2n) is 5.90. The van der Waals surface area contributed by atoms with Crippen molar-refractivity contribution in [3.8, 4) is 0 Å². The maximum Gasteiger partial charge on any atom is 0.0780 e. The van der Waals surface area contributed by atoms with E-state index in [1.807, 2.05) is 0 Å². The molecule has 0 aromatic rings. The Morgan fingerprint density at radius 1 is 1.07 bits per heavy atom. The summed E-state index contributed by atoms with van der Waals surface area (Å²) in [6, 6.07) is 0.419. The third-order valence-electron chi connectivity index (χ3n) is 2.43. The lowest BCUT2D eigenvalue weighted by atomic mass is 10.00. The molecule has 2 N–H and O–H groups in total. The summed E-state index contributed by atoms with van der Waals surface area (Å²) < 4.78 is 1.07. The molecule has 0 aliphatic rings. The van der Waals surface area contributed by atoms with E-state index >= 15 is 0 Å². The highest BCUT2D eigenvalue weighted by atomic mass is 15.3. The number of rotatable bonds is 7. The van der Waals surface area contributed by atoms with Crippen molar-refractivity contribution < 1.29 is 4.48 Å². The molecule has 2 heteroatoms. The van der Waals surface area contributed by atoms with E-state index in [0.29, 0.717) is 6.04 Å². The zero-order valence-corrected chi connectivity index (χ0v) is 10.7. The first-order valence-corrected chi connectivity index (χ1v) is 5.87. The first-order chi connectivity index (χ1) is 6.31. The summed E-state index contributed by atoms with van der Waals surface area (Å²) in [7, 11) is 6.73. The van der Waals surface area contributed by atoms with Crippen LogP contribution < -0.4 is 5.73 Å². The molecule has 0 rings (SSSR count). The average molecular weight is 201 g/mol. The highest BCUT2D eigenvalue weighted by Gasteiger charge is 2.08. The largest absolute Gasteiger partial charge is 0.331 e. The van der Waals surface area contributed by atoms with E-state index in [0.717, 1.165) is 10.4 Å². The molecule has 1 unspecified atom stereocenters. The molecule has 0 aliphatic heterocycles. The van der Waals surface area contributed by atoms with Crippen LogP contribution in [0.4, 0.5) is 0 Å². The second kappa shape index (κ2) is 6.41. The van der Waals surface area contributed by atoms with Gasteiger partial charge in [0.15, 0.2) is 0 Å². The van der Waals surface area contributed by atoms with Crippen LogP contribution >= 0.6 is 0 Å². The molecule has 1 atom stereocenters. The molecule has 0 spiro atoms. The predicted octanol–water partition coefficient (Wildman–Crippen LogP) is 2.24. The Morgan fingerprint density at radius 2 is 1.64 bits per heavy atom. The van der Waals surface area contributed by atoms with Gasteiger partial charge in [0.2, 0.25) is 0 Å². The predicted molar refractivity (Wildman–Crippen MR) is 64.2 cm³/mol. The summed E-state index contributed by atoms with van der Waals surface area (Å²) in [6.07, 6.45) is 4.95. The summed E-state index contributed by atoms with van der Waals surface area (Å²) in [5.74, 6) is 0.739. The Bertz CT molecular complexity index is 136. The average Bonchev–Trinajstić information content (AvgIpc) is 1.95. The van der Waals surface area contributed by atoms with Crippen LogP contribution in [-0.4, -0.2) is 38.2 Å². The lowest BCUT2D eigenvalue weighted by Crippen LogP contribution is -2.35.